The molecule has 1 amide bonds. The van der Waals surface area contributed by atoms with Gasteiger partial charge in [0, 0.05) is 57.3 Å². The third kappa shape index (κ3) is 6.99. The zero-order valence-corrected chi connectivity index (χ0v) is 21.4. The van der Waals surface area contributed by atoms with E-state index in [1.807, 2.05) is 60.6 Å². The van der Waals surface area contributed by atoms with E-state index in [2.05, 4.69) is 39.0 Å². The second-order valence-electron chi connectivity index (χ2n) is 8.73. The predicted molar refractivity (Wildman–Crippen MR) is 142 cm³/mol. The summed E-state index contributed by atoms with van der Waals surface area (Å²) >= 11 is 1.68. The topological polar surface area (TPSA) is 48.9 Å². The lowest BCUT2D eigenvalue weighted by atomic mass is 10.2. The number of pyridine rings is 1. The molecule has 6 nitrogen and oxygen atoms in total. The van der Waals surface area contributed by atoms with Crippen LogP contribution < -0.4 is 9.64 Å². The first-order valence-electron chi connectivity index (χ1n) is 12.1. The molecule has 2 aromatic carbocycles. The van der Waals surface area contributed by atoms with Crippen LogP contribution in [0.4, 0.5) is 5.82 Å². The summed E-state index contributed by atoms with van der Waals surface area (Å²) in [5.41, 5.74) is 1.14. The molecule has 0 bridgehead atoms. The van der Waals surface area contributed by atoms with Gasteiger partial charge in [-0.05, 0) is 48.9 Å². The Morgan fingerprint density at radius 3 is 2.43 bits per heavy atom. The van der Waals surface area contributed by atoms with Crippen molar-refractivity contribution in [2.24, 2.45) is 0 Å². The van der Waals surface area contributed by atoms with Crippen LogP contribution in [0.1, 0.15) is 18.4 Å². The quantitative estimate of drug-likeness (QED) is 0.407. The number of carbonyl (C=O) groups is 1. The summed E-state index contributed by atoms with van der Waals surface area (Å²) < 4.78 is 5.50. The number of hydrogen-bond donors (Lipinski definition) is 0. The number of methoxy groups -OCH3 is 1. The summed E-state index contributed by atoms with van der Waals surface area (Å²) in [5, 5.41) is 0. The Morgan fingerprint density at radius 2 is 1.69 bits per heavy atom. The largest absolute Gasteiger partial charge is 0.496 e. The number of para-hydroxylation sites is 1. The average Bonchev–Trinajstić information content (AvgIpc) is 2.91. The SMILES string of the molecule is COc1ccccc1Sc1ccccc1CN(C)C(=O)CCCN1CCN(c2ccccn2)CC1. The molecule has 0 N–H and O–H groups in total. The number of ether oxygens (including phenoxy) is 1. The number of hydrogen-bond acceptors (Lipinski definition) is 6. The van der Waals surface area contributed by atoms with Gasteiger partial charge in [0.1, 0.15) is 11.6 Å². The van der Waals surface area contributed by atoms with Gasteiger partial charge in [-0.2, -0.15) is 0 Å². The zero-order chi connectivity index (χ0) is 24.5. The predicted octanol–water partition coefficient (Wildman–Crippen LogP) is 4.80. The summed E-state index contributed by atoms with van der Waals surface area (Å²) in [6, 6.07) is 22.3. The van der Waals surface area contributed by atoms with Gasteiger partial charge in [-0.25, -0.2) is 4.98 Å². The minimum Gasteiger partial charge on any atom is -0.496 e. The van der Waals surface area contributed by atoms with E-state index in [4.69, 9.17) is 4.74 Å². The second-order valence-corrected chi connectivity index (χ2v) is 9.81. The molecule has 1 fully saturated rings. The minimum absolute atomic E-state index is 0.189. The first-order valence-corrected chi connectivity index (χ1v) is 13.0. The molecule has 0 aliphatic carbocycles. The molecule has 0 spiro atoms. The van der Waals surface area contributed by atoms with Crippen LogP contribution in [0.15, 0.2) is 82.7 Å². The molecule has 0 atom stereocenters. The van der Waals surface area contributed by atoms with Crippen LogP contribution in [0.5, 0.6) is 5.75 Å². The Balaban J connectivity index is 1.24. The van der Waals surface area contributed by atoms with Gasteiger partial charge in [0.05, 0.1) is 12.0 Å². The highest BCUT2D eigenvalue weighted by atomic mass is 32.2. The summed E-state index contributed by atoms with van der Waals surface area (Å²) in [7, 11) is 3.59. The fourth-order valence-corrected chi connectivity index (χ4v) is 5.33. The fourth-order valence-electron chi connectivity index (χ4n) is 4.29. The third-order valence-corrected chi connectivity index (χ3v) is 7.48. The van der Waals surface area contributed by atoms with E-state index in [1.165, 1.54) is 0 Å². The molecule has 4 rings (SSSR count). The molecule has 0 saturated carbocycles. The van der Waals surface area contributed by atoms with E-state index < -0.39 is 0 Å². The minimum atomic E-state index is 0.189. The summed E-state index contributed by atoms with van der Waals surface area (Å²) in [6.45, 7) is 5.52. The molecule has 184 valence electrons. The Morgan fingerprint density at radius 1 is 0.971 bits per heavy atom. The molecule has 0 unspecified atom stereocenters. The van der Waals surface area contributed by atoms with Crippen LogP contribution in [0.25, 0.3) is 0 Å². The van der Waals surface area contributed by atoms with Crippen molar-refractivity contribution >= 4 is 23.5 Å². The van der Waals surface area contributed by atoms with Gasteiger partial charge >= 0.3 is 0 Å². The van der Waals surface area contributed by atoms with Crippen LogP contribution in [0, 0.1) is 0 Å². The van der Waals surface area contributed by atoms with E-state index in [1.54, 1.807) is 18.9 Å². The fraction of sp³-hybridized carbons (Fsp3) is 0.357. The highest BCUT2D eigenvalue weighted by molar-refractivity contribution is 7.99. The smallest absolute Gasteiger partial charge is 0.222 e. The molecule has 1 aliphatic rings. The first-order chi connectivity index (χ1) is 17.1. The first kappa shape index (κ1) is 25.1. The number of carbonyl (C=O) groups excluding carboxylic acids is 1. The number of aromatic nitrogens is 1. The Labute approximate surface area is 212 Å². The number of rotatable bonds is 10. The standard InChI is InChI=1S/C28H34N4O2S/c1-30(22-23-10-3-5-12-25(23)35-26-13-6-4-11-24(26)34-2)28(33)15-9-17-31-18-20-32(21-19-31)27-14-7-8-16-29-27/h3-8,10-14,16H,9,15,17-22H2,1-2H3. The Kier molecular flexibility index (Phi) is 9.03. The van der Waals surface area contributed by atoms with E-state index in [-0.39, 0.29) is 5.91 Å². The molecule has 1 aliphatic heterocycles. The van der Waals surface area contributed by atoms with E-state index in [0.717, 1.165) is 66.1 Å². The van der Waals surface area contributed by atoms with Crippen molar-refractivity contribution in [3.63, 3.8) is 0 Å². The van der Waals surface area contributed by atoms with Gasteiger partial charge in [-0.15, -0.1) is 0 Å². The molecular formula is C28H34N4O2S. The van der Waals surface area contributed by atoms with Crippen molar-refractivity contribution in [3.8, 4) is 5.75 Å². The van der Waals surface area contributed by atoms with Crippen molar-refractivity contribution in [2.75, 3.05) is 51.8 Å². The van der Waals surface area contributed by atoms with Crippen molar-refractivity contribution in [1.29, 1.82) is 0 Å². The highest BCUT2D eigenvalue weighted by Crippen LogP contribution is 2.36. The lowest BCUT2D eigenvalue weighted by Gasteiger charge is -2.35. The Bertz CT molecular complexity index is 1090. The molecular weight excluding hydrogens is 456 g/mol. The molecule has 35 heavy (non-hydrogen) atoms. The van der Waals surface area contributed by atoms with E-state index in [0.29, 0.717) is 13.0 Å². The second kappa shape index (κ2) is 12.6. The number of amides is 1. The van der Waals surface area contributed by atoms with E-state index >= 15 is 0 Å². The number of anilines is 1. The van der Waals surface area contributed by atoms with Crippen LogP contribution >= 0.6 is 11.8 Å². The van der Waals surface area contributed by atoms with Crippen molar-refractivity contribution in [2.45, 2.75) is 29.2 Å². The maximum absolute atomic E-state index is 12.9. The normalized spacial score (nSPS) is 14.1. The van der Waals surface area contributed by atoms with Crippen LogP contribution in [0.3, 0.4) is 0 Å². The lowest BCUT2D eigenvalue weighted by Crippen LogP contribution is -2.47. The van der Waals surface area contributed by atoms with Gasteiger partial charge < -0.3 is 14.5 Å². The number of nitrogens with zero attached hydrogens (tertiary/aromatic N) is 4. The number of piperazine rings is 1. The van der Waals surface area contributed by atoms with Crippen LogP contribution in [-0.4, -0.2) is 67.6 Å². The Hall–Kier alpha value is -3.03. The number of benzene rings is 2. The molecule has 7 heteroatoms. The maximum Gasteiger partial charge on any atom is 0.222 e. The average molecular weight is 491 g/mol. The van der Waals surface area contributed by atoms with Gasteiger partial charge in [0.2, 0.25) is 5.91 Å². The zero-order valence-electron chi connectivity index (χ0n) is 20.6. The molecule has 0 radical (unpaired) electrons. The summed E-state index contributed by atoms with van der Waals surface area (Å²) in [6.07, 6.45) is 3.29. The monoisotopic (exact) mass is 490 g/mol. The summed E-state index contributed by atoms with van der Waals surface area (Å²) in [4.78, 5) is 26.2. The lowest BCUT2D eigenvalue weighted by molar-refractivity contribution is -0.130. The van der Waals surface area contributed by atoms with Crippen molar-refractivity contribution in [1.82, 2.24) is 14.8 Å². The molecule has 3 aromatic rings. The molecule has 2 heterocycles. The molecule has 1 saturated heterocycles. The van der Waals surface area contributed by atoms with Crippen LogP contribution in [-0.2, 0) is 11.3 Å². The third-order valence-electron chi connectivity index (χ3n) is 6.31. The van der Waals surface area contributed by atoms with E-state index in [9.17, 15) is 4.79 Å². The van der Waals surface area contributed by atoms with Gasteiger partial charge in [-0.1, -0.05) is 48.2 Å². The molecule has 1 aromatic heterocycles. The van der Waals surface area contributed by atoms with Crippen molar-refractivity contribution in [3.05, 3.63) is 78.5 Å². The van der Waals surface area contributed by atoms with Gasteiger partial charge in [0.15, 0.2) is 0 Å². The van der Waals surface area contributed by atoms with Crippen LogP contribution in [0.2, 0.25) is 0 Å². The summed E-state index contributed by atoms with van der Waals surface area (Å²) in [5.74, 6) is 2.10. The van der Waals surface area contributed by atoms with Gasteiger partial charge in [0.25, 0.3) is 0 Å². The van der Waals surface area contributed by atoms with Crippen molar-refractivity contribution < 1.29 is 9.53 Å². The maximum atomic E-state index is 12.9. The van der Waals surface area contributed by atoms with Gasteiger partial charge in [-0.3, -0.25) is 9.69 Å². The highest BCUT2D eigenvalue weighted by Gasteiger charge is 2.18.